The van der Waals surface area contributed by atoms with E-state index < -0.39 is 6.10 Å². The molecule has 1 atom stereocenters. The molecule has 0 aliphatic carbocycles. The maximum atomic E-state index is 9.63. The minimum atomic E-state index is -0.527. The molecular formula is C14H29NO3Y. The molecule has 0 saturated carbocycles. The number of piperidine rings is 1. The third-order valence-electron chi connectivity index (χ3n) is 4.15. The topological polar surface area (TPSA) is 41.9 Å². The zero-order valence-corrected chi connectivity index (χ0v) is 16.1. The van der Waals surface area contributed by atoms with Crippen LogP contribution in [-0.4, -0.2) is 60.7 Å². The van der Waals surface area contributed by atoms with Crippen LogP contribution in [0, 0.1) is 0 Å². The van der Waals surface area contributed by atoms with Gasteiger partial charge in [0.15, 0.2) is 0 Å². The van der Waals surface area contributed by atoms with Crippen LogP contribution in [0.4, 0.5) is 0 Å². The third-order valence-corrected chi connectivity index (χ3v) is 4.15. The first kappa shape index (κ1) is 19.9. The Balaban J connectivity index is 0.00000324. The van der Waals surface area contributed by atoms with Crippen LogP contribution in [0.5, 0.6) is 0 Å². The standard InChI is InChI=1S/C14H29NO3.Y/c1-13(2)7-12(8-14(3,4)15(13)5)18-10-11(16)9-17-6;/h11-12,16H,7-10H2,1-6H3;. The molecule has 0 bridgehead atoms. The summed E-state index contributed by atoms with van der Waals surface area (Å²) in [5, 5.41) is 9.63. The van der Waals surface area contributed by atoms with Crippen molar-refractivity contribution < 1.29 is 47.3 Å². The van der Waals surface area contributed by atoms with Crippen LogP contribution in [0.1, 0.15) is 40.5 Å². The van der Waals surface area contributed by atoms with Gasteiger partial charge in [-0.1, -0.05) is 0 Å². The van der Waals surface area contributed by atoms with Gasteiger partial charge in [0.05, 0.1) is 19.3 Å². The Labute approximate surface area is 143 Å². The molecule has 1 aliphatic heterocycles. The van der Waals surface area contributed by atoms with Gasteiger partial charge in [0.25, 0.3) is 0 Å². The summed E-state index contributed by atoms with van der Waals surface area (Å²) in [6, 6.07) is 0. The minimum Gasteiger partial charge on any atom is -0.388 e. The Morgan fingerprint density at radius 2 is 1.63 bits per heavy atom. The van der Waals surface area contributed by atoms with E-state index in [9.17, 15) is 5.11 Å². The van der Waals surface area contributed by atoms with Crippen molar-refractivity contribution in [3.8, 4) is 0 Å². The number of aliphatic hydroxyl groups excluding tert-OH is 1. The summed E-state index contributed by atoms with van der Waals surface area (Å²) in [6.45, 7) is 9.67. The molecule has 19 heavy (non-hydrogen) atoms. The molecule has 0 aromatic heterocycles. The van der Waals surface area contributed by atoms with Crippen molar-refractivity contribution in [2.24, 2.45) is 0 Å². The van der Waals surface area contributed by atoms with E-state index in [0.29, 0.717) is 13.2 Å². The van der Waals surface area contributed by atoms with Gasteiger partial charge in [0, 0.05) is 50.9 Å². The molecule has 0 aromatic carbocycles. The average Bonchev–Trinajstić information content (AvgIpc) is 2.23. The van der Waals surface area contributed by atoms with E-state index in [1.165, 1.54) is 0 Å². The Bertz CT molecular complexity index is 253. The number of hydrogen-bond acceptors (Lipinski definition) is 4. The molecule has 1 aliphatic rings. The zero-order valence-electron chi connectivity index (χ0n) is 13.3. The molecule has 1 unspecified atom stereocenters. The van der Waals surface area contributed by atoms with Gasteiger partial charge in [0.1, 0.15) is 6.10 Å². The predicted molar refractivity (Wildman–Crippen MR) is 72.8 cm³/mol. The number of rotatable bonds is 5. The molecule has 1 fully saturated rings. The molecule has 5 heteroatoms. The van der Waals surface area contributed by atoms with E-state index in [-0.39, 0.29) is 49.9 Å². The van der Waals surface area contributed by atoms with Crippen LogP contribution in [0.15, 0.2) is 0 Å². The van der Waals surface area contributed by atoms with Gasteiger partial charge in [-0.2, -0.15) is 0 Å². The maximum Gasteiger partial charge on any atom is 0.101 e. The van der Waals surface area contributed by atoms with Gasteiger partial charge in [-0.3, -0.25) is 4.90 Å². The van der Waals surface area contributed by atoms with E-state index in [4.69, 9.17) is 9.47 Å². The fourth-order valence-electron chi connectivity index (χ4n) is 2.89. The largest absolute Gasteiger partial charge is 0.388 e. The second-order valence-corrected chi connectivity index (χ2v) is 6.66. The van der Waals surface area contributed by atoms with Crippen LogP contribution in [-0.2, 0) is 42.2 Å². The molecule has 1 N–H and O–H groups in total. The molecule has 0 aromatic rings. The number of ether oxygens (including phenoxy) is 2. The summed E-state index contributed by atoms with van der Waals surface area (Å²) in [7, 11) is 3.76. The number of hydrogen-bond donors (Lipinski definition) is 1. The summed E-state index contributed by atoms with van der Waals surface area (Å²) < 4.78 is 10.8. The van der Waals surface area contributed by atoms with Gasteiger partial charge in [-0.05, 0) is 47.6 Å². The fourth-order valence-corrected chi connectivity index (χ4v) is 2.89. The van der Waals surface area contributed by atoms with Crippen molar-refractivity contribution in [1.29, 1.82) is 0 Å². The number of aliphatic hydroxyl groups is 1. The molecule has 1 radical (unpaired) electrons. The van der Waals surface area contributed by atoms with Crippen molar-refractivity contribution in [3.05, 3.63) is 0 Å². The first-order valence-corrected chi connectivity index (χ1v) is 6.71. The zero-order chi connectivity index (χ0) is 14.0. The smallest absolute Gasteiger partial charge is 0.101 e. The Hall–Kier alpha value is 0.944. The Kier molecular flexibility index (Phi) is 8.20. The summed E-state index contributed by atoms with van der Waals surface area (Å²) >= 11 is 0. The second kappa shape index (κ2) is 7.81. The molecule has 1 heterocycles. The van der Waals surface area contributed by atoms with Crippen LogP contribution in [0.3, 0.4) is 0 Å². The molecule has 0 amide bonds. The van der Waals surface area contributed by atoms with Crippen LogP contribution < -0.4 is 0 Å². The van der Waals surface area contributed by atoms with E-state index >= 15 is 0 Å². The monoisotopic (exact) mass is 348 g/mol. The Morgan fingerprint density at radius 3 is 2.05 bits per heavy atom. The van der Waals surface area contributed by atoms with Gasteiger partial charge >= 0.3 is 0 Å². The molecule has 111 valence electrons. The summed E-state index contributed by atoms with van der Waals surface area (Å²) in [5.41, 5.74) is 0.247. The maximum absolute atomic E-state index is 9.63. The SMILES string of the molecule is COCC(O)COC1CC(C)(C)N(C)C(C)(C)C1.[Y]. The van der Waals surface area contributed by atoms with Gasteiger partial charge in [-0.15, -0.1) is 0 Å². The van der Waals surface area contributed by atoms with Crippen molar-refractivity contribution >= 4 is 0 Å². The van der Waals surface area contributed by atoms with E-state index in [0.717, 1.165) is 12.8 Å². The van der Waals surface area contributed by atoms with Crippen LogP contribution in [0.2, 0.25) is 0 Å². The van der Waals surface area contributed by atoms with Crippen LogP contribution in [0.25, 0.3) is 0 Å². The summed E-state index contributed by atoms with van der Waals surface area (Å²) in [5.74, 6) is 0. The Morgan fingerprint density at radius 1 is 1.16 bits per heavy atom. The van der Waals surface area contributed by atoms with E-state index in [1.807, 2.05) is 0 Å². The third kappa shape index (κ3) is 5.68. The van der Waals surface area contributed by atoms with Gasteiger partial charge < -0.3 is 14.6 Å². The fraction of sp³-hybridized carbons (Fsp3) is 1.00. The minimum absolute atomic E-state index is 0. The van der Waals surface area contributed by atoms with Crippen LogP contribution >= 0.6 is 0 Å². The van der Waals surface area contributed by atoms with Gasteiger partial charge in [0.2, 0.25) is 0 Å². The molecule has 0 spiro atoms. The van der Waals surface area contributed by atoms with Crippen molar-refractivity contribution in [3.63, 3.8) is 0 Å². The van der Waals surface area contributed by atoms with E-state index in [2.05, 4.69) is 39.6 Å². The quantitative estimate of drug-likeness (QED) is 0.821. The molecular weight excluding hydrogens is 319 g/mol. The first-order valence-electron chi connectivity index (χ1n) is 6.71. The number of likely N-dealkylation sites (tertiary alicyclic amines) is 1. The predicted octanol–water partition coefficient (Wildman–Crippen LogP) is 1.66. The van der Waals surface area contributed by atoms with Crippen molar-refractivity contribution in [2.75, 3.05) is 27.4 Å². The number of methoxy groups -OCH3 is 1. The van der Waals surface area contributed by atoms with Gasteiger partial charge in [-0.25, -0.2) is 0 Å². The normalized spacial score (nSPS) is 24.8. The average molecular weight is 348 g/mol. The van der Waals surface area contributed by atoms with Crippen molar-refractivity contribution in [1.82, 2.24) is 4.90 Å². The first-order chi connectivity index (χ1) is 8.19. The van der Waals surface area contributed by atoms with Crippen molar-refractivity contribution in [2.45, 2.75) is 63.8 Å². The van der Waals surface area contributed by atoms with E-state index in [1.54, 1.807) is 7.11 Å². The molecule has 4 nitrogen and oxygen atoms in total. The second-order valence-electron chi connectivity index (χ2n) is 6.66. The number of nitrogens with zero attached hydrogens (tertiary/aromatic N) is 1. The molecule has 1 saturated heterocycles. The molecule has 1 rings (SSSR count). The summed E-state index contributed by atoms with van der Waals surface area (Å²) in [4.78, 5) is 2.42. The summed E-state index contributed by atoms with van der Waals surface area (Å²) in [6.07, 6.45) is 1.66.